The first-order chi connectivity index (χ1) is 15.7. The van der Waals surface area contributed by atoms with Crippen molar-refractivity contribution in [3.63, 3.8) is 0 Å². The molecule has 2 saturated heterocycles. The van der Waals surface area contributed by atoms with Crippen molar-refractivity contribution >= 4 is 11.7 Å². The van der Waals surface area contributed by atoms with Crippen LogP contribution in [0.2, 0.25) is 0 Å². The summed E-state index contributed by atoms with van der Waals surface area (Å²) in [7, 11) is 0. The summed E-state index contributed by atoms with van der Waals surface area (Å²) in [6, 6.07) is 17.4. The first-order valence-electron chi connectivity index (χ1n) is 11.0. The predicted octanol–water partition coefficient (Wildman–Crippen LogP) is 2.97. The lowest BCUT2D eigenvalue weighted by Gasteiger charge is -2.41. The molecule has 1 atom stereocenters. The maximum atomic E-state index is 11.8. The minimum absolute atomic E-state index is 0.0673. The van der Waals surface area contributed by atoms with Crippen molar-refractivity contribution in [1.29, 1.82) is 0 Å². The Bertz CT molecular complexity index is 1050. The summed E-state index contributed by atoms with van der Waals surface area (Å²) in [5, 5.41) is 13.0. The van der Waals surface area contributed by atoms with Crippen LogP contribution in [0.5, 0.6) is 5.75 Å². The zero-order valence-corrected chi connectivity index (χ0v) is 17.8. The zero-order valence-electron chi connectivity index (χ0n) is 17.8. The summed E-state index contributed by atoms with van der Waals surface area (Å²) in [4.78, 5) is 13.9. The van der Waals surface area contributed by atoms with Gasteiger partial charge >= 0.3 is 5.97 Å². The van der Waals surface area contributed by atoms with Gasteiger partial charge in [0, 0.05) is 25.5 Å². The Morgan fingerprint density at radius 3 is 2.56 bits per heavy atom. The average Bonchev–Trinajstić information content (AvgIpc) is 3.32. The normalized spacial score (nSPS) is 18.9. The molecule has 2 aromatic carbocycles. The molecule has 3 aromatic rings. The van der Waals surface area contributed by atoms with E-state index in [0.29, 0.717) is 18.8 Å². The number of nitrogens with zero attached hydrogens (tertiary/aromatic N) is 2. The van der Waals surface area contributed by atoms with Crippen LogP contribution in [-0.2, 0) is 11.2 Å². The second-order valence-corrected chi connectivity index (χ2v) is 8.26. The number of ether oxygens (including phenoxy) is 2. The van der Waals surface area contributed by atoms with Crippen molar-refractivity contribution in [2.24, 2.45) is 0 Å². The molecule has 32 heavy (non-hydrogen) atoms. The molecule has 1 unspecified atom stereocenters. The Morgan fingerprint density at radius 1 is 1.09 bits per heavy atom. The van der Waals surface area contributed by atoms with Gasteiger partial charge in [0.15, 0.2) is 0 Å². The largest absolute Gasteiger partial charge is 0.487 e. The fourth-order valence-electron chi connectivity index (χ4n) is 4.33. The number of carboxylic acid groups (broad SMARTS) is 1. The Balaban J connectivity index is 1.22. The SMILES string of the molecule is O=C(O)c1cccc(N2CC(Oc3ccc(CC4CNCCO4)cc3)C2)c1-n1cccc1. The molecule has 2 aliphatic heterocycles. The average molecular weight is 434 g/mol. The molecular formula is C25H27N3O4. The maximum absolute atomic E-state index is 11.8. The highest BCUT2D eigenvalue weighted by Gasteiger charge is 2.31. The number of rotatable bonds is 7. The third-order valence-corrected chi connectivity index (χ3v) is 5.99. The Labute approximate surface area is 187 Å². The van der Waals surface area contributed by atoms with Crippen LogP contribution in [0.25, 0.3) is 5.69 Å². The van der Waals surface area contributed by atoms with Crippen LogP contribution in [-0.4, -0.2) is 60.6 Å². The molecule has 0 amide bonds. The van der Waals surface area contributed by atoms with Gasteiger partial charge < -0.3 is 29.4 Å². The first-order valence-corrected chi connectivity index (χ1v) is 11.0. The van der Waals surface area contributed by atoms with Gasteiger partial charge in [-0.25, -0.2) is 4.79 Å². The monoisotopic (exact) mass is 433 g/mol. The van der Waals surface area contributed by atoms with Crippen LogP contribution < -0.4 is 15.0 Å². The second kappa shape index (κ2) is 9.06. The lowest BCUT2D eigenvalue weighted by Crippen LogP contribution is -2.54. The highest BCUT2D eigenvalue weighted by Crippen LogP contribution is 2.32. The number of hydrogen-bond acceptors (Lipinski definition) is 5. The smallest absolute Gasteiger partial charge is 0.337 e. The molecule has 1 aromatic heterocycles. The molecule has 0 aliphatic carbocycles. The van der Waals surface area contributed by atoms with Crippen molar-refractivity contribution in [3.8, 4) is 11.4 Å². The first kappa shape index (κ1) is 20.6. The van der Waals surface area contributed by atoms with Crippen molar-refractivity contribution in [2.45, 2.75) is 18.6 Å². The van der Waals surface area contributed by atoms with E-state index in [4.69, 9.17) is 9.47 Å². The van der Waals surface area contributed by atoms with Gasteiger partial charge in [-0.3, -0.25) is 0 Å². The Kier molecular flexibility index (Phi) is 5.83. The second-order valence-electron chi connectivity index (χ2n) is 8.26. The zero-order chi connectivity index (χ0) is 21.9. The number of para-hydroxylation sites is 1. The lowest BCUT2D eigenvalue weighted by atomic mass is 10.1. The van der Waals surface area contributed by atoms with E-state index in [-0.39, 0.29) is 17.8 Å². The predicted molar refractivity (Wildman–Crippen MR) is 122 cm³/mol. The third-order valence-electron chi connectivity index (χ3n) is 5.99. The molecule has 7 nitrogen and oxygen atoms in total. The molecule has 2 aliphatic rings. The van der Waals surface area contributed by atoms with Gasteiger partial charge in [0.05, 0.1) is 42.7 Å². The van der Waals surface area contributed by atoms with Crippen LogP contribution in [0, 0.1) is 0 Å². The van der Waals surface area contributed by atoms with Crippen LogP contribution in [0.4, 0.5) is 5.69 Å². The highest BCUT2D eigenvalue weighted by atomic mass is 16.5. The molecule has 2 N–H and O–H groups in total. The van der Waals surface area contributed by atoms with Crippen LogP contribution in [0.1, 0.15) is 15.9 Å². The third kappa shape index (κ3) is 4.35. The minimum Gasteiger partial charge on any atom is -0.487 e. The van der Waals surface area contributed by atoms with Crippen molar-refractivity contribution in [1.82, 2.24) is 9.88 Å². The molecule has 3 heterocycles. The van der Waals surface area contributed by atoms with E-state index in [2.05, 4.69) is 22.3 Å². The maximum Gasteiger partial charge on any atom is 0.337 e. The van der Waals surface area contributed by atoms with Crippen LogP contribution in [0.3, 0.4) is 0 Å². The van der Waals surface area contributed by atoms with E-state index < -0.39 is 5.97 Å². The summed E-state index contributed by atoms with van der Waals surface area (Å²) in [5.41, 5.74) is 3.11. The van der Waals surface area contributed by atoms with E-state index in [1.165, 1.54) is 5.56 Å². The van der Waals surface area contributed by atoms with Gasteiger partial charge in [0.25, 0.3) is 0 Å². The number of benzene rings is 2. The van der Waals surface area contributed by atoms with E-state index in [1.54, 1.807) is 12.1 Å². The number of nitrogens with one attached hydrogen (secondary N) is 1. The van der Waals surface area contributed by atoms with Crippen LogP contribution >= 0.6 is 0 Å². The molecule has 0 bridgehead atoms. The summed E-state index contributed by atoms with van der Waals surface area (Å²) in [6.07, 6.45) is 4.93. The number of carbonyl (C=O) groups is 1. The standard InChI is InChI=1S/C25H27N3O4/c29-25(30)22-4-3-5-23(24(22)27-11-1-2-12-27)28-16-21(17-28)32-19-8-6-18(7-9-19)14-20-15-26-10-13-31-20/h1-9,11-12,20-21,26H,10,13-17H2,(H,29,30). The van der Waals surface area contributed by atoms with Crippen molar-refractivity contribution in [2.75, 3.05) is 37.7 Å². The van der Waals surface area contributed by atoms with E-state index in [0.717, 1.165) is 37.6 Å². The number of morpholine rings is 1. The quantitative estimate of drug-likeness (QED) is 0.597. The summed E-state index contributed by atoms with van der Waals surface area (Å²) < 4.78 is 13.8. The molecular weight excluding hydrogens is 406 g/mol. The molecule has 0 radical (unpaired) electrons. The lowest BCUT2D eigenvalue weighted by molar-refractivity contribution is 0.0292. The summed E-state index contributed by atoms with van der Waals surface area (Å²) in [6.45, 7) is 4.01. The minimum atomic E-state index is -0.932. The van der Waals surface area contributed by atoms with Gasteiger partial charge in [0.2, 0.25) is 0 Å². The van der Waals surface area contributed by atoms with Crippen molar-refractivity contribution in [3.05, 3.63) is 78.1 Å². The number of anilines is 1. The number of aromatic carboxylic acids is 1. The Morgan fingerprint density at radius 2 is 1.88 bits per heavy atom. The molecule has 7 heteroatoms. The van der Waals surface area contributed by atoms with E-state index in [1.807, 2.05) is 47.3 Å². The molecule has 5 rings (SSSR count). The molecule has 2 fully saturated rings. The topological polar surface area (TPSA) is 76.0 Å². The van der Waals surface area contributed by atoms with Gasteiger partial charge in [-0.1, -0.05) is 18.2 Å². The highest BCUT2D eigenvalue weighted by molar-refractivity contribution is 5.95. The molecule has 0 saturated carbocycles. The Hall–Kier alpha value is -3.29. The molecule has 0 spiro atoms. The van der Waals surface area contributed by atoms with Gasteiger partial charge in [-0.05, 0) is 48.4 Å². The van der Waals surface area contributed by atoms with E-state index in [9.17, 15) is 9.90 Å². The van der Waals surface area contributed by atoms with Gasteiger partial charge in [-0.2, -0.15) is 0 Å². The number of hydrogen-bond donors (Lipinski definition) is 2. The van der Waals surface area contributed by atoms with Crippen molar-refractivity contribution < 1.29 is 19.4 Å². The van der Waals surface area contributed by atoms with Gasteiger partial charge in [0.1, 0.15) is 11.9 Å². The van der Waals surface area contributed by atoms with Crippen LogP contribution in [0.15, 0.2) is 67.0 Å². The number of carboxylic acids is 1. The summed E-state index contributed by atoms with van der Waals surface area (Å²) in [5.74, 6) is -0.0793. The van der Waals surface area contributed by atoms with E-state index >= 15 is 0 Å². The fraction of sp³-hybridized carbons (Fsp3) is 0.320. The summed E-state index contributed by atoms with van der Waals surface area (Å²) >= 11 is 0. The fourth-order valence-corrected chi connectivity index (χ4v) is 4.33. The number of aromatic nitrogens is 1. The van der Waals surface area contributed by atoms with Gasteiger partial charge in [-0.15, -0.1) is 0 Å². The molecule has 166 valence electrons.